The predicted molar refractivity (Wildman–Crippen MR) is 60.6 cm³/mol. The maximum absolute atomic E-state index is 9.77. The molecule has 0 fully saturated rings. The van der Waals surface area contributed by atoms with Crippen LogP contribution in [0.3, 0.4) is 0 Å². The molecule has 1 aromatic heterocycles. The molecule has 1 aromatic rings. The average molecular weight is 211 g/mol. The van der Waals surface area contributed by atoms with E-state index in [-0.39, 0.29) is 5.41 Å². The Hall–Kier alpha value is -0.800. The summed E-state index contributed by atoms with van der Waals surface area (Å²) in [6, 6.07) is 3.92. The van der Waals surface area contributed by atoms with Gasteiger partial charge in [0.15, 0.2) is 0 Å². The lowest BCUT2D eigenvalue weighted by Crippen LogP contribution is -2.39. The Morgan fingerprint density at radius 1 is 1.47 bits per heavy atom. The van der Waals surface area contributed by atoms with E-state index in [0.29, 0.717) is 18.3 Å². The normalized spacial score (nSPS) is 16.3. The number of furan rings is 1. The summed E-state index contributed by atoms with van der Waals surface area (Å²) in [5.74, 6) is 0.614. The fourth-order valence-electron chi connectivity index (χ4n) is 1.18. The summed E-state index contributed by atoms with van der Waals surface area (Å²) in [5, 5.41) is 13.1. The van der Waals surface area contributed by atoms with Gasteiger partial charge in [0, 0.05) is 12.6 Å². The van der Waals surface area contributed by atoms with Gasteiger partial charge in [0.1, 0.15) is 11.9 Å². The molecule has 0 amide bonds. The van der Waals surface area contributed by atoms with E-state index in [2.05, 4.69) is 33.0 Å². The first-order valence-corrected chi connectivity index (χ1v) is 5.36. The fourth-order valence-corrected chi connectivity index (χ4v) is 1.18. The number of aliphatic hydroxyl groups is 1. The van der Waals surface area contributed by atoms with E-state index in [9.17, 15) is 5.11 Å². The van der Waals surface area contributed by atoms with Gasteiger partial charge in [-0.05, 0) is 24.5 Å². The first-order chi connectivity index (χ1) is 6.91. The minimum Gasteiger partial charge on any atom is -0.467 e. The molecule has 2 atom stereocenters. The van der Waals surface area contributed by atoms with Gasteiger partial charge in [-0.1, -0.05) is 20.8 Å². The molecule has 1 rings (SSSR count). The predicted octanol–water partition coefficient (Wildman–Crippen LogP) is 2.34. The van der Waals surface area contributed by atoms with Crippen molar-refractivity contribution in [2.75, 3.05) is 6.54 Å². The van der Waals surface area contributed by atoms with E-state index in [1.54, 1.807) is 18.4 Å². The first kappa shape index (κ1) is 12.3. The third-order valence-electron chi connectivity index (χ3n) is 2.79. The zero-order valence-electron chi connectivity index (χ0n) is 9.95. The largest absolute Gasteiger partial charge is 0.467 e. The van der Waals surface area contributed by atoms with E-state index < -0.39 is 6.10 Å². The van der Waals surface area contributed by atoms with Crippen molar-refractivity contribution < 1.29 is 9.52 Å². The summed E-state index contributed by atoms with van der Waals surface area (Å²) in [4.78, 5) is 0. The van der Waals surface area contributed by atoms with Gasteiger partial charge in [-0.3, -0.25) is 0 Å². The molecule has 0 saturated heterocycles. The van der Waals surface area contributed by atoms with Gasteiger partial charge in [0.05, 0.1) is 6.26 Å². The summed E-state index contributed by atoms with van der Waals surface area (Å²) in [7, 11) is 0. The smallest absolute Gasteiger partial charge is 0.133 e. The molecule has 0 spiro atoms. The molecule has 0 bridgehead atoms. The molecule has 2 N–H and O–H groups in total. The lowest BCUT2D eigenvalue weighted by molar-refractivity contribution is 0.135. The number of hydrogen-bond donors (Lipinski definition) is 2. The van der Waals surface area contributed by atoms with Crippen LogP contribution in [0.25, 0.3) is 0 Å². The third kappa shape index (κ3) is 3.68. The molecular formula is C12H21NO2. The second-order valence-electron chi connectivity index (χ2n) is 5.03. The third-order valence-corrected chi connectivity index (χ3v) is 2.79. The molecule has 0 saturated carbocycles. The van der Waals surface area contributed by atoms with Crippen molar-refractivity contribution >= 4 is 0 Å². The molecule has 2 unspecified atom stereocenters. The number of hydrogen-bond acceptors (Lipinski definition) is 3. The Labute approximate surface area is 91.5 Å². The standard InChI is InChI=1S/C12H21NO2/c1-9(12(2,3)4)13-8-10(14)11-6-5-7-15-11/h5-7,9-10,13-14H,8H2,1-4H3. The Kier molecular flexibility index (Phi) is 3.94. The summed E-state index contributed by atoms with van der Waals surface area (Å²) < 4.78 is 5.12. The van der Waals surface area contributed by atoms with E-state index in [4.69, 9.17) is 4.42 Å². The molecule has 0 aliphatic heterocycles. The number of rotatable bonds is 4. The molecule has 0 aromatic carbocycles. The van der Waals surface area contributed by atoms with E-state index in [1.165, 1.54) is 0 Å². The van der Waals surface area contributed by atoms with Crippen LogP contribution in [0.2, 0.25) is 0 Å². The highest BCUT2D eigenvalue weighted by Gasteiger charge is 2.20. The fraction of sp³-hybridized carbons (Fsp3) is 0.667. The Balaban J connectivity index is 2.38. The highest BCUT2D eigenvalue weighted by atomic mass is 16.4. The average Bonchev–Trinajstić information content (AvgIpc) is 2.64. The minimum atomic E-state index is -0.565. The van der Waals surface area contributed by atoms with Gasteiger partial charge in [-0.2, -0.15) is 0 Å². The minimum absolute atomic E-state index is 0.197. The Bertz CT molecular complexity index is 274. The quantitative estimate of drug-likeness (QED) is 0.803. The van der Waals surface area contributed by atoms with Crippen molar-refractivity contribution in [3.8, 4) is 0 Å². The maximum atomic E-state index is 9.77. The summed E-state index contributed by atoms with van der Waals surface area (Å²) in [6.07, 6.45) is 1.01. The van der Waals surface area contributed by atoms with Gasteiger partial charge in [0.2, 0.25) is 0 Å². The lowest BCUT2D eigenvalue weighted by atomic mass is 9.88. The zero-order valence-corrected chi connectivity index (χ0v) is 9.95. The number of aliphatic hydroxyl groups excluding tert-OH is 1. The van der Waals surface area contributed by atoms with Crippen LogP contribution in [0, 0.1) is 5.41 Å². The maximum Gasteiger partial charge on any atom is 0.133 e. The summed E-state index contributed by atoms with van der Waals surface area (Å²) in [6.45, 7) is 9.15. The van der Waals surface area contributed by atoms with Crippen molar-refractivity contribution in [2.45, 2.75) is 39.8 Å². The molecule has 1 heterocycles. The SMILES string of the molecule is CC(NCC(O)c1ccco1)C(C)(C)C. The zero-order chi connectivity index (χ0) is 11.5. The lowest BCUT2D eigenvalue weighted by Gasteiger charge is -2.28. The van der Waals surface area contributed by atoms with Crippen LogP contribution in [-0.4, -0.2) is 17.7 Å². The van der Waals surface area contributed by atoms with Crippen LogP contribution in [0.1, 0.15) is 39.6 Å². The van der Waals surface area contributed by atoms with Crippen molar-refractivity contribution in [3.63, 3.8) is 0 Å². The topological polar surface area (TPSA) is 45.4 Å². The second-order valence-corrected chi connectivity index (χ2v) is 5.03. The molecule has 0 aliphatic carbocycles. The van der Waals surface area contributed by atoms with Gasteiger partial charge in [-0.15, -0.1) is 0 Å². The van der Waals surface area contributed by atoms with Crippen molar-refractivity contribution in [1.82, 2.24) is 5.32 Å². The molecule has 3 heteroatoms. The van der Waals surface area contributed by atoms with Crippen LogP contribution >= 0.6 is 0 Å². The monoisotopic (exact) mass is 211 g/mol. The van der Waals surface area contributed by atoms with Crippen LogP contribution in [0.5, 0.6) is 0 Å². The molecule has 0 radical (unpaired) electrons. The molecule has 15 heavy (non-hydrogen) atoms. The van der Waals surface area contributed by atoms with E-state index in [1.807, 2.05) is 0 Å². The van der Waals surface area contributed by atoms with E-state index >= 15 is 0 Å². The molecule has 3 nitrogen and oxygen atoms in total. The van der Waals surface area contributed by atoms with Crippen molar-refractivity contribution in [2.24, 2.45) is 5.41 Å². The van der Waals surface area contributed by atoms with Crippen LogP contribution in [0.15, 0.2) is 22.8 Å². The van der Waals surface area contributed by atoms with Crippen LogP contribution in [0.4, 0.5) is 0 Å². The van der Waals surface area contributed by atoms with Gasteiger partial charge >= 0.3 is 0 Å². The molecular weight excluding hydrogens is 190 g/mol. The van der Waals surface area contributed by atoms with Crippen molar-refractivity contribution in [3.05, 3.63) is 24.2 Å². The van der Waals surface area contributed by atoms with Gasteiger partial charge in [-0.25, -0.2) is 0 Å². The summed E-state index contributed by atoms with van der Waals surface area (Å²) in [5.41, 5.74) is 0.197. The van der Waals surface area contributed by atoms with Gasteiger partial charge < -0.3 is 14.8 Å². The summed E-state index contributed by atoms with van der Waals surface area (Å²) >= 11 is 0. The number of nitrogens with one attached hydrogen (secondary N) is 1. The van der Waals surface area contributed by atoms with Crippen LogP contribution < -0.4 is 5.32 Å². The highest BCUT2D eigenvalue weighted by molar-refractivity contribution is 5.02. The second kappa shape index (κ2) is 4.81. The Morgan fingerprint density at radius 3 is 2.60 bits per heavy atom. The van der Waals surface area contributed by atoms with E-state index in [0.717, 1.165) is 0 Å². The molecule has 86 valence electrons. The van der Waals surface area contributed by atoms with Crippen molar-refractivity contribution in [1.29, 1.82) is 0 Å². The molecule has 0 aliphatic rings. The first-order valence-electron chi connectivity index (χ1n) is 5.36. The Morgan fingerprint density at radius 2 is 2.13 bits per heavy atom. The van der Waals surface area contributed by atoms with Gasteiger partial charge in [0.25, 0.3) is 0 Å². The highest BCUT2D eigenvalue weighted by Crippen LogP contribution is 2.19. The van der Waals surface area contributed by atoms with Crippen LogP contribution in [-0.2, 0) is 0 Å².